The second-order valence-electron chi connectivity index (χ2n) is 9.46. The lowest BCUT2D eigenvalue weighted by Crippen LogP contribution is -2.53. The topological polar surface area (TPSA) is 125 Å². The Balaban J connectivity index is 1.45. The SMILES string of the molecule is Nc1ccc2c(c1)S(=O)(=O)N=C(C1=C(O)C3C([C@@H]4CC[C@H]3C4)N(Cc3ccc(F)cc3)C1=O)N2. The van der Waals surface area contributed by atoms with Crippen molar-refractivity contribution < 1.29 is 22.7 Å². The van der Waals surface area contributed by atoms with Gasteiger partial charge < -0.3 is 21.1 Å². The van der Waals surface area contributed by atoms with E-state index in [9.17, 15) is 22.7 Å². The highest BCUT2D eigenvalue weighted by atomic mass is 32.2. The number of benzene rings is 2. The van der Waals surface area contributed by atoms with E-state index in [0.29, 0.717) is 0 Å². The van der Waals surface area contributed by atoms with Crippen molar-refractivity contribution in [3.05, 3.63) is 65.2 Å². The number of carbonyl (C=O) groups is 1. The molecule has 0 spiro atoms. The molecular weight excluding hydrogens is 459 g/mol. The van der Waals surface area contributed by atoms with Crippen LogP contribution < -0.4 is 11.1 Å². The Bertz CT molecular complexity index is 1390. The van der Waals surface area contributed by atoms with Gasteiger partial charge in [-0.3, -0.25) is 4.79 Å². The Morgan fingerprint density at radius 3 is 2.65 bits per heavy atom. The van der Waals surface area contributed by atoms with Crippen molar-refractivity contribution in [1.29, 1.82) is 0 Å². The van der Waals surface area contributed by atoms with Gasteiger partial charge in [0.1, 0.15) is 22.0 Å². The average molecular weight is 483 g/mol. The molecule has 34 heavy (non-hydrogen) atoms. The largest absolute Gasteiger partial charge is 0.511 e. The minimum Gasteiger partial charge on any atom is -0.511 e. The van der Waals surface area contributed by atoms with Gasteiger partial charge in [-0.1, -0.05) is 12.1 Å². The maximum Gasteiger partial charge on any atom is 0.286 e. The number of nitrogens with zero attached hydrogens (tertiary/aromatic N) is 2. The number of aliphatic hydroxyl groups excluding tert-OH is 1. The monoisotopic (exact) mass is 482 g/mol. The molecule has 2 unspecified atom stereocenters. The summed E-state index contributed by atoms with van der Waals surface area (Å²) in [5.41, 5.74) is 6.89. The number of aliphatic hydroxyl groups is 1. The zero-order chi connectivity index (χ0) is 23.8. The molecule has 8 nitrogen and oxygen atoms in total. The Morgan fingerprint density at radius 1 is 1.15 bits per heavy atom. The van der Waals surface area contributed by atoms with Crippen LogP contribution in [-0.4, -0.2) is 36.2 Å². The number of amidine groups is 1. The second-order valence-corrected chi connectivity index (χ2v) is 11.0. The van der Waals surface area contributed by atoms with Gasteiger partial charge in [0.2, 0.25) is 0 Å². The summed E-state index contributed by atoms with van der Waals surface area (Å²) in [4.78, 5) is 15.4. The molecule has 4 N–H and O–H groups in total. The Labute approximate surface area is 196 Å². The van der Waals surface area contributed by atoms with E-state index in [2.05, 4.69) is 9.71 Å². The van der Waals surface area contributed by atoms with Crippen molar-refractivity contribution >= 4 is 33.1 Å². The number of nitrogen functional groups attached to an aromatic ring is 1. The minimum absolute atomic E-state index is 0.0828. The first-order chi connectivity index (χ1) is 16.2. The van der Waals surface area contributed by atoms with Crippen LogP contribution >= 0.6 is 0 Å². The van der Waals surface area contributed by atoms with Gasteiger partial charge in [-0.05, 0) is 67.0 Å². The highest BCUT2D eigenvalue weighted by Crippen LogP contribution is 2.55. The Kier molecular flexibility index (Phi) is 4.54. The number of hydrogen-bond acceptors (Lipinski definition) is 6. The maximum atomic E-state index is 13.8. The molecule has 2 aliphatic heterocycles. The molecule has 2 aliphatic carbocycles. The van der Waals surface area contributed by atoms with Crippen LogP contribution in [0.1, 0.15) is 24.8 Å². The fourth-order valence-corrected chi connectivity index (χ4v) is 7.28. The zero-order valence-corrected chi connectivity index (χ0v) is 18.9. The summed E-state index contributed by atoms with van der Waals surface area (Å²) >= 11 is 0. The summed E-state index contributed by atoms with van der Waals surface area (Å²) in [6.45, 7) is 0.230. The van der Waals surface area contributed by atoms with Crippen LogP contribution in [0.5, 0.6) is 0 Å². The molecule has 0 saturated heterocycles. The third-order valence-corrected chi connectivity index (χ3v) is 8.85. The smallest absolute Gasteiger partial charge is 0.286 e. The van der Waals surface area contributed by atoms with E-state index >= 15 is 0 Å². The van der Waals surface area contributed by atoms with Gasteiger partial charge in [0.15, 0.2) is 5.84 Å². The van der Waals surface area contributed by atoms with Crippen LogP contribution in [0.15, 0.2) is 63.1 Å². The molecular formula is C24H23FN4O4S. The molecule has 0 aromatic heterocycles. The van der Waals surface area contributed by atoms with Gasteiger partial charge >= 0.3 is 0 Å². The molecule has 1 amide bonds. The third-order valence-electron chi connectivity index (χ3n) is 7.53. The fraction of sp³-hybridized carbons (Fsp3) is 0.333. The number of rotatable bonds is 3. The number of amides is 1. The average Bonchev–Trinajstić information content (AvgIpc) is 3.40. The van der Waals surface area contributed by atoms with Crippen molar-refractivity contribution in [2.24, 2.45) is 22.2 Å². The number of nitrogens with two attached hydrogens (primary N) is 1. The van der Waals surface area contributed by atoms with Gasteiger partial charge in [-0.15, -0.1) is 4.40 Å². The summed E-state index contributed by atoms with van der Waals surface area (Å²) in [6, 6.07) is 10.1. The van der Waals surface area contributed by atoms with E-state index in [4.69, 9.17) is 5.73 Å². The van der Waals surface area contributed by atoms with E-state index in [1.165, 1.54) is 24.3 Å². The van der Waals surface area contributed by atoms with E-state index in [-0.39, 0.29) is 69.6 Å². The number of halogens is 1. The second kappa shape index (κ2) is 7.30. The van der Waals surface area contributed by atoms with Crippen LogP contribution in [0, 0.1) is 23.6 Å². The molecule has 2 aromatic rings. The van der Waals surface area contributed by atoms with Crippen molar-refractivity contribution in [3.63, 3.8) is 0 Å². The predicted octanol–water partition coefficient (Wildman–Crippen LogP) is 3.19. The van der Waals surface area contributed by atoms with Crippen molar-refractivity contribution in [2.45, 2.75) is 36.7 Å². The molecule has 2 fully saturated rings. The standard InChI is InChI=1S/C24H23FN4O4S/c25-15-5-1-12(2-6-15)11-29-21-14-4-3-13(9-14)19(21)22(30)20(24(29)31)23-27-17-8-7-16(26)10-18(17)34(32,33)28-23/h1-2,5-8,10,13-14,19,21,30H,3-4,9,11,26H2,(H,27,28)/t13-,14+,19?,21?/m0/s1. The lowest BCUT2D eigenvalue weighted by Gasteiger charge is -2.44. The molecule has 6 rings (SSSR count). The Morgan fingerprint density at radius 2 is 1.88 bits per heavy atom. The normalized spacial score (nSPS) is 28.9. The van der Waals surface area contributed by atoms with Gasteiger partial charge in [-0.25, -0.2) is 4.39 Å². The first-order valence-corrected chi connectivity index (χ1v) is 12.7. The highest BCUT2D eigenvalue weighted by Gasteiger charge is 2.57. The number of carbonyl (C=O) groups excluding carboxylic acids is 1. The van der Waals surface area contributed by atoms with Gasteiger partial charge in [-0.2, -0.15) is 8.42 Å². The number of anilines is 2. The van der Waals surface area contributed by atoms with Crippen molar-refractivity contribution in [1.82, 2.24) is 4.90 Å². The van der Waals surface area contributed by atoms with Crippen LogP contribution in [-0.2, 0) is 21.4 Å². The van der Waals surface area contributed by atoms with Crippen LogP contribution in [0.3, 0.4) is 0 Å². The van der Waals surface area contributed by atoms with Gasteiger partial charge in [0.25, 0.3) is 15.9 Å². The molecule has 10 heteroatoms. The summed E-state index contributed by atoms with van der Waals surface area (Å²) in [7, 11) is -4.14. The molecule has 2 aromatic carbocycles. The summed E-state index contributed by atoms with van der Waals surface area (Å²) in [6.07, 6.45) is 2.83. The van der Waals surface area contributed by atoms with Crippen LogP contribution in [0.25, 0.3) is 0 Å². The molecule has 4 atom stereocenters. The van der Waals surface area contributed by atoms with Crippen molar-refractivity contribution in [3.8, 4) is 0 Å². The number of fused-ring (bicyclic) bond motifs is 6. The highest BCUT2D eigenvalue weighted by molar-refractivity contribution is 7.90. The zero-order valence-electron chi connectivity index (χ0n) is 18.1. The molecule has 2 heterocycles. The van der Waals surface area contributed by atoms with Crippen LogP contribution in [0.2, 0.25) is 0 Å². The first-order valence-electron chi connectivity index (χ1n) is 11.2. The summed E-state index contributed by atoms with van der Waals surface area (Å²) in [5.74, 6) is -0.959. The molecule has 2 saturated carbocycles. The fourth-order valence-electron chi connectivity index (χ4n) is 6.12. The first kappa shape index (κ1) is 21.2. The molecule has 0 radical (unpaired) electrons. The molecule has 176 valence electrons. The summed E-state index contributed by atoms with van der Waals surface area (Å²) < 4.78 is 43.1. The third kappa shape index (κ3) is 3.12. The number of hydrogen-bond donors (Lipinski definition) is 3. The Hall–Kier alpha value is -3.40. The minimum atomic E-state index is -4.14. The predicted molar refractivity (Wildman–Crippen MR) is 124 cm³/mol. The lowest BCUT2D eigenvalue weighted by molar-refractivity contribution is -0.134. The van der Waals surface area contributed by atoms with E-state index in [1.807, 2.05) is 0 Å². The number of nitrogens with one attached hydrogen (secondary N) is 1. The summed E-state index contributed by atoms with van der Waals surface area (Å²) in [5, 5.41) is 14.2. The quantitative estimate of drug-likeness (QED) is 0.577. The van der Waals surface area contributed by atoms with E-state index in [1.54, 1.807) is 23.1 Å². The van der Waals surface area contributed by atoms with Crippen LogP contribution in [0.4, 0.5) is 15.8 Å². The lowest BCUT2D eigenvalue weighted by atomic mass is 9.77. The molecule has 4 aliphatic rings. The van der Waals surface area contributed by atoms with Crippen molar-refractivity contribution in [2.75, 3.05) is 11.1 Å². The van der Waals surface area contributed by atoms with Gasteiger partial charge in [0, 0.05) is 24.2 Å². The molecule has 2 bridgehead atoms. The van der Waals surface area contributed by atoms with E-state index in [0.717, 1.165) is 24.8 Å². The number of sulfonamides is 1. The van der Waals surface area contributed by atoms with Gasteiger partial charge in [0.05, 0.1) is 5.69 Å². The maximum absolute atomic E-state index is 13.8. The van der Waals surface area contributed by atoms with E-state index < -0.39 is 15.9 Å².